The number of carboxylic acids is 1. The van der Waals surface area contributed by atoms with E-state index in [1.807, 2.05) is 0 Å². The summed E-state index contributed by atoms with van der Waals surface area (Å²) in [5, 5.41) is 8.71. The lowest BCUT2D eigenvalue weighted by Gasteiger charge is -2.09. The summed E-state index contributed by atoms with van der Waals surface area (Å²) in [6.07, 6.45) is 0. The van der Waals surface area contributed by atoms with Crippen LogP contribution in [0.1, 0.15) is 18.4 Å². The minimum atomic E-state index is -4.56. The van der Waals surface area contributed by atoms with Crippen molar-refractivity contribution in [3.05, 3.63) is 29.6 Å². The average Bonchev–Trinajstić information content (AvgIpc) is 2.18. The number of nitrogens with one attached hydrogen (secondary N) is 1. The van der Waals surface area contributed by atoms with Crippen LogP contribution in [0.25, 0.3) is 0 Å². The maximum Gasteiger partial charge on any atom is 0.357 e. The molecule has 1 atom stereocenters. The molecule has 0 aliphatic heterocycles. The smallest absolute Gasteiger partial charge is 0.357 e. The molecule has 3 N–H and O–H groups in total. The van der Waals surface area contributed by atoms with Gasteiger partial charge in [0.1, 0.15) is 5.82 Å². The number of halogens is 1. The van der Waals surface area contributed by atoms with Crippen molar-refractivity contribution in [3.8, 4) is 0 Å². The van der Waals surface area contributed by atoms with Gasteiger partial charge in [0.25, 0.3) is 0 Å². The second kappa shape index (κ2) is 4.68. The van der Waals surface area contributed by atoms with Gasteiger partial charge in [0.2, 0.25) is 0 Å². The SMILES string of the molecule is CC(C(=O)O)c1ccc(NS(=O)(=O)O)c(F)c1. The van der Waals surface area contributed by atoms with Crippen molar-refractivity contribution in [2.24, 2.45) is 0 Å². The Bertz CT molecular complexity index is 542. The van der Waals surface area contributed by atoms with Crippen molar-refractivity contribution in [1.29, 1.82) is 0 Å². The molecule has 0 saturated carbocycles. The fourth-order valence-electron chi connectivity index (χ4n) is 1.16. The van der Waals surface area contributed by atoms with Crippen LogP contribution >= 0.6 is 0 Å². The molecule has 0 fully saturated rings. The van der Waals surface area contributed by atoms with Crippen LogP contribution in [-0.2, 0) is 15.1 Å². The molecule has 1 aromatic carbocycles. The minimum absolute atomic E-state index is 0.191. The molecule has 6 nitrogen and oxygen atoms in total. The maximum absolute atomic E-state index is 13.4. The Hall–Kier alpha value is -1.67. The highest BCUT2D eigenvalue weighted by atomic mass is 32.2. The van der Waals surface area contributed by atoms with Gasteiger partial charge in [-0.05, 0) is 24.6 Å². The zero-order chi connectivity index (χ0) is 13.2. The lowest BCUT2D eigenvalue weighted by atomic mass is 10.0. The fourth-order valence-corrected chi connectivity index (χ4v) is 1.61. The van der Waals surface area contributed by atoms with Crippen LogP contribution in [0.3, 0.4) is 0 Å². The number of aliphatic carboxylic acids is 1. The maximum atomic E-state index is 13.4. The summed E-state index contributed by atoms with van der Waals surface area (Å²) in [5.74, 6) is -3.00. The van der Waals surface area contributed by atoms with E-state index in [-0.39, 0.29) is 5.56 Å². The monoisotopic (exact) mass is 263 g/mol. The summed E-state index contributed by atoms with van der Waals surface area (Å²) in [7, 11) is -4.56. The van der Waals surface area contributed by atoms with Gasteiger partial charge >= 0.3 is 16.3 Å². The predicted molar refractivity (Wildman–Crippen MR) is 57.6 cm³/mol. The molecule has 0 radical (unpaired) electrons. The lowest BCUT2D eigenvalue weighted by molar-refractivity contribution is -0.138. The van der Waals surface area contributed by atoms with Crippen LogP contribution in [-0.4, -0.2) is 24.0 Å². The van der Waals surface area contributed by atoms with E-state index in [0.29, 0.717) is 0 Å². The summed E-state index contributed by atoms with van der Waals surface area (Å²) in [5.41, 5.74) is -0.260. The Kier molecular flexibility index (Phi) is 3.69. The van der Waals surface area contributed by atoms with Gasteiger partial charge < -0.3 is 5.11 Å². The van der Waals surface area contributed by atoms with E-state index < -0.39 is 33.7 Å². The molecule has 0 bridgehead atoms. The number of carboxylic acid groups (broad SMARTS) is 1. The van der Waals surface area contributed by atoms with Gasteiger partial charge in [-0.2, -0.15) is 8.42 Å². The first kappa shape index (κ1) is 13.4. The van der Waals surface area contributed by atoms with Crippen molar-refractivity contribution in [1.82, 2.24) is 0 Å². The Morgan fingerprint density at radius 1 is 1.47 bits per heavy atom. The van der Waals surface area contributed by atoms with Gasteiger partial charge in [0.05, 0.1) is 11.6 Å². The zero-order valence-electron chi connectivity index (χ0n) is 8.71. The highest BCUT2D eigenvalue weighted by Gasteiger charge is 2.16. The first-order chi connectivity index (χ1) is 7.70. The van der Waals surface area contributed by atoms with Gasteiger partial charge in [-0.25, -0.2) is 4.39 Å². The standard InChI is InChI=1S/C9H10FNO5S/c1-5(9(12)13)6-2-3-8(7(10)4-6)11-17(14,15)16/h2-5,11H,1H3,(H,12,13)(H,14,15,16). The van der Waals surface area contributed by atoms with Crippen LogP contribution in [0.15, 0.2) is 18.2 Å². The normalized spacial score (nSPS) is 13.1. The summed E-state index contributed by atoms with van der Waals surface area (Å²) < 4.78 is 44.3. The minimum Gasteiger partial charge on any atom is -0.481 e. The highest BCUT2D eigenvalue weighted by Crippen LogP contribution is 2.22. The molecule has 0 aromatic heterocycles. The molecule has 0 spiro atoms. The van der Waals surface area contributed by atoms with E-state index in [9.17, 15) is 17.6 Å². The van der Waals surface area contributed by atoms with Crippen LogP contribution in [0.5, 0.6) is 0 Å². The summed E-state index contributed by atoms with van der Waals surface area (Å²) in [6, 6.07) is 3.19. The molecule has 17 heavy (non-hydrogen) atoms. The second-order valence-electron chi connectivity index (χ2n) is 3.38. The van der Waals surface area contributed by atoms with Crippen LogP contribution in [0.2, 0.25) is 0 Å². The van der Waals surface area contributed by atoms with Crippen molar-refractivity contribution in [2.45, 2.75) is 12.8 Å². The summed E-state index contributed by atoms with van der Waals surface area (Å²) in [4.78, 5) is 10.7. The molecule has 0 aliphatic rings. The van der Waals surface area contributed by atoms with Crippen LogP contribution in [0.4, 0.5) is 10.1 Å². The van der Waals surface area contributed by atoms with Crippen LogP contribution < -0.4 is 4.72 Å². The number of carbonyl (C=O) groups is 1. The first-order valence-corrected chi connectivity index (χ1v) is 5.92. The third-order valence-electron chi connectivity index (χ3n) is 2.10. The van der Waals surface area contributed by atoms with Gasteiger partial charge in [-0.15, -0.1) is 0 Å². The van der Waals surface area contributed by atoms with Gasteiger partial charge in [0.15, 0.2) is 0 Å². The lowest BCUT2D eigenvalue weighted by Crippen LogP contribution is -2.12. The number of hydrogen-bond acceptors (Lipinski definition) is 3. The third-order valence-corrected chi connectivity index (χ3v) is 2.58. The van der Waals surface area contributed by atoms with E-state index in [4.69, 9.17) is 9.66 Å². The third kappa shape index (κ3) is 3.68. The Labute approximate surface area is 97.0 Å². The summed E-state index contributed by atoms with van der Waals surface area (Å²) in [6.45, 7) is 1.37. The van der Waals surface area contributed by atoms with E-state index in [2.05, 4.69) is 0 Å². The fraction of sp³-hybridized carbons (Fsp3) is 0.222. The average molecular weight is 263 g/mol. The van der Waals surface area contributed by atoms with E-state index in [0.717, 1.165) is 12.1 Å². The Morgan fingerprint density at radius 3 is 2.47 bits per heavy atom. The number of rotatable bonds is 4. The molecule has 0 saturated heterocycles. The molecule has 8 heteroatoms. The van der Waals surface area contributed by atoms with Crippen molar-refractivity contribution >= 4 is 22.0 Å². The quantitative estimate of drug-likeness (QED) is 0.709. The molecular formula is C9H10FNO5S. The molecule has 1 aromatic rings. The van der Waals surface area contributed by atoms with Crippen molar-refractivity contribution in [2.75, 3.05) is 4.72 Å². The number of benzene rings is 1. The van der Waals surface area contributed by atoms with Gasteiger partial charge in [0, 0.05) is 0 Å². The molecule has 0 amide bonds. The molecule has 0 heterocycles. The Balaban J connectivity index is 3.06. The Morgan fingerprint density at radius 2 is 2.06 bits per heavy atom. The van der Waals surface area contributed by atoms with Crippen LogP contribution in [0, 0.1) is 5.82 Å². The van der Waals surface area contributed by atoms with Crippen molar-refractivity contribution < 1.29 is 27.3 Å². The second-order valence-corrected chi connectivity index (χ2v) is 4.53. The van der Waals surface area contributed by atoms with E-state index in [1.54, 1.807) is 4.72 Å². The highest BCUT2D eigenvalue weighted by molar-refractivity contribution is 7.87. The largest absolute Gasteiger partial charge is 0.481 e. The number of hydrogen-bond donors (Lipinski definition) is 3. The molecule has 1 unspecified atom stereocenters. The van der Waals surface area contributed by atoms with Crippen molar-refractivity contribution in [3.63, 3.8) is 0 Å². The molecule has 94 valence electrons. The van der Waals surface area contributed by atoms with E-state index >= 15 is 0 Å². The molecular weight excluding hydrogens is 253 g/mol. The van der Waals surface area contributed by atoms with Gasteiger partial charge in [-0.3, -0.25) is 14.1 Å². The summed E-state index contributed by atoms with van der Waals surface area (Å²) >= 11 is 0. The van der Waals surface area contributed by atoms with Gasteiger partial charge in [-0.1, -0.05) is 6.07 Å². The first-order valence-electron chi connectivity index (χ1n) is 4.48. The topological polar surface area (TPSA) is 104 Å². The molecule has 0 aliphatic carbocycles. The predicted octanol–water partition coefficient (Wildman–Crippen LogP) is 1.23. The number of anilines is 1. The molecule has 1 rings (SSSR count). The van der Waals surface area contributed by atoms with E-state index in [1.165, 1.54) is 13.0 Å². The zero-order valence-corrected chi connectivity index (χ0v) is 9.53.